The van der Waals surface area contributed by atoms with Gasteiger partial charge in [-0.1, -0.05) is 37.6 Å². The molecule has 3 heterocycles. The average Bonchev–Trinajstić information content (AvgIpc) is 3.57. The van der Waals surface area contributed by atoms with E-state index in [-0.39, 0.29) is 30.6 Å². The Balaban J connectivity index is 1.39. The van der Waals surface area contributed by atoms with Crippen molar-refractivity contribution in [2.24, 2.45) is 5.92 Å². The molecule has 0 saturated carbocycles. The molecule has 0 aromatic carbocycles. The summed E-state index contributed by atoms with van der Waals surface area (Å²) in [7, 11) is 1.48. The zero-order valence-electron chi connectivity index (χ0n) is 20.6. The number of hydrogen-bond donors (Lipinski definition) is 1. The summed E-state index contributed by atoms with van der Waals surface area (Å²) in [5, 5.41) is 14.2. The van der Waals surface area contributed by atoms with Crippen LogP contribution in [0.25, 0.3) is 0 Å². The van der Waals surface area contributed by atoms with Crippen molar-refractivity contribution in [2.75, 3.05) is 13.7 Å². The Labute approximate surface area is 209 Å². The lowest BCUT2D eigenvalue weighted by Crippen LogP contribution is -2.44. The number of hydrogen-bond acceptors (Lipinski definition) is 8. The third-order valence-electron chi connectivity index (χ3n) is 6.84. The molecule has 2 aliphatic rings. The first-order valence-corrected chi connectivity index (χ1v) is 13.0. The largest absolute Gasteiger partial charge is 0.479 e. The molecule has 188 valence electrons. The Morgan fingerprint density at radius 1 is 1.37 bits per heavy atom. The van der Waals surface area contributed by atoms with Gasteiger partial charge in [0.1, 0.15) is 5.92 Å². The third kappa shape index (κ3) is 5.56. The average molecular weight is 500 g/mol. The van der Waals surface area contributed by atoms with Gasteiger partial charge < -0.3 is 19.3 Å². The summed E-state index contributed by atoms with van der Waals surface area (Å²) in [6, 6.07) is 0.971. The van der Waals surface area contributed by atoms with E-state index in [9.17, 15) is 14.7 Å². The smallest absolute Gasteiger partial charge is 0.254 e. The van der Waals surface area contributed by atoms with Crippen LogP contribution in [0.4, 0.5) is 0 Å². The van der Waals surface area contributed by atoms with Crippen molar-refractivity contribution in [1.82, 2.24) is 15.0 Å². The molecule has 1 saturated heterocycles. The van der Waals surface area contributed by atoms with Crippen LogP contribution in [0.1, 0.15) is 67.7 Å². The molecular formula is C26H33N3O5S. The van der Waals surface area contributed by atoms with Gasteiger partial charge in [-0.3, -0.25) is 9.59 Å². The Hall–Kier alpha value is -2.78. The Kier molecular flexibility index (Phi) is 7.86. The summed E-state index contributed by atoms with van der Waals surface area (Å²) in [4.78, 5) is 33.9. The van der Waals surface area contributed by atoms with Crippen LogP contribution in [0, 0.1) is 12.8 Å². The van der Waals surface area contributed by atoms with Crippen molar-refractivity contribution in [2.45, 2.75) is 70.4 Å². The number of ketones is 1. The second-order valence-electron chi connectivity index (χ2n) is 9.64. The molecule has 1 N–H and O–H groups in total. The number of aliphatic hydroxyl groups is 1. The lowest BCUT2D eigenvalue weighted by Gasteiger charge is -2.28. The van der Waals surface area contributed by atoms with Crippen LogP contribution in [0.15, 0.2) is 39.9 Å². The van der Waals surface area contributed by atoms with E-state index in [1.165, 1.54) is 16.9 Å². The topological polar surface area (TPSA) is 106 Å². The van der Waals surface area contributed by atoms with Gasteiger partial charge in [0.25, 0.3) is 5.88 Å². The van der Waals surface area contributed by atoms with E-state index >= 15 is 0 Å². The van der Waals surface area contributed by atoms with E-state index in [0.717, 1.165) is 17.7 Å². The van der Waals surface area contributed by atoms with E-state index in [0.29, 0.717) is 30.4 Å². The number of carbonyl (C=O) groups excluding carboxylic acids is 2. The summed E-state index contributed by atoms with van der Waals surface area (Å²) in [5.74, 6) is 0.0921. The number of carbonyl (C=O) groups is 2. The van der Waals surface area contributed by atoms with Crippen molar-refractivity contribution < 1.29 is 24.0 Å². The Morgan fingerprint density at radius 3 is 2.77 bits per heavy atom. The van der Waals surface area contributed by atoms with E-state index in [1.54, 1.807) is 17.4 Å². The van der Waals surface area contributed by atoms with Crippen molar-refractivity contribution in [3.05, 3.63) is 51.7 Å². The van der Waals surface area contributed by atoms with Crippen LogP contribution >= 0.6 is 11.3 Å². The fourth-order valence-corrected chi connectivity index (χ4v) is 5.83. The highest BCUT2D eigenvalue weighted by Crippen LogP contribution is 2.34. The highest BCUT2D eigenvalue weighted by atomic mass is 32.1. The predicted molar refractivity (Wildman–Crippen MR) is 132 cm³/mol. The van der Waals surface area contributed by atoms with E-state index in [4.69, 9.17) is 9.26 Å². The van der Waals surface area contributed by atoms with E-state index < -0.39 is 18.1 Å². The van der Waals surface area contributed by atoms with E-state index in [2.05, 4.69) is 28.4 Å². The first-order chi connectivity index (χ1) is 16.8. The van der Waals surface area contributed by atoms with Crippen molar-refractivity contribution in [3.8, 4) is 5.88 Å². The van der Waals surface area contributed by atoms with Crippen molar-refractivity contribution in [3.63, 3.8) is 0 Å². The Bertz CT molecular complexity index is 1120. The lowest BCUT2D eigenvalue weighted by molar-refractivity contribution is -0.140. The van der Waals surface area contributed by atoms with Crippen LogP contribution in [-0.4, -0.2) is 57.6 Å². The second kappa shape index (κ2) is 10.9. The zero-order chi connectivity index (χ0) is 25.1. The maximum Gasteiger partial charge on any atom is 0.254 e. The van der Waals surface area contributed by atoms with Gasteiger partial charge in [-0.05, 0) is 30.8 Å². The molecule has 1 aliphatic carbocycles. The molecule has 1 amide bonds. The number of allylic oxidation sites excluding steroid dienone is 4. The Morgan fingerprint density at radius 2 is 2.17 bits per heavy atom. The predicted octanol–water partition coefficient (Wildman–Crippen LogP) is 4.17. The number of nitrogens with zero attached hydrogens (tertiary/aromatic N) is 3. The number of likely N-dealkylation sites (tertiary alicyclic amines) is 1. The minimum atomic E-state index is -0.720. The van der Waals surface area contributed by atoms with Crippen molar-refractivity contribution in [1.29, 1.82) is 0 Å². The monoisotopic (exact) mass is 499 g/mol. The zero-order valence-corrected chi connectivity index (χ0v) is 21.5. The van der Waals surface area contributed by atoms with Crippen LogP contribution in [0.2, 0.25) is 0 Å². The fourth-order valence-electron chi connectivity index (χ4n) is 4.94. The fraction of sp³-hybridized carbons (Fsp3) is 0.538. The lowest BCUT2D eigenvalue weighted by atomic mass is 9.90. The number of aromatic nitrogens is 2. The molecule has 0 bridgehead atoms. The number of ether oxygens (including phenoxy) is 1. The van der Waals surface area contributed by atoms with Gasteiger partial charge in [0.15, 0.2) is 11.5 Å². The number of aryl methyl sites for hydroxylation is 1. The molecule has 9 heteroatoms. The maximum atomic E-state index is 13.5. The molecule has 35 heavy (non-hydrogen) atoms. The quantitative estimate of drug-likeness (QED) is 0.552. The van der Waals surface area contributed by atoms with Gasteiger partial charge >= 0.3 is 0 Å². The number of methoxy groups -OCH3 is 1. The number of β-amino-alcohol motifs (C(OH)–C–C–N with tert-alkyl or cyclic N) is 1. The van der Waals surface area contributed by atoms with Crippen LogP contribution in [0.3, 0.4) is 0 Å². The second-order valence-corrected chi connectivity index (χ2v) is 10.5. The van der Waals surface area contributed by atoms with Crippen LogP contribution in [-0.2, 0) is 9.59 Å². The number of amides is 1. The number of aliphatic hydroxyl groups excluding tert-OH is 1. The molecule has 0 radical (unpaired) electrons. The normalized spacial score (nSPS) is 23.0. The molecule has 1 fully saturated rings. The van der Waals surface area contributed by atoms with Gasteiger partial charge in [0.2, 0.25) is 5.91 Å². The van der Waals surface area contributed by atoms with Crippen LogP contribution in [0.5, 0.6) is 5.88 Å². The SMILES string of the molecule is COc1cc([C@H](C(=O)N2C[C@H](O)C[C@H]2C(=O)CCC2=CCC(c3scnc3C)C=C2)C(C)C)on1. The minimum absolute atomic E-state index is 0.0257. The number of rotatable bonds is 9. The first-order valence-electron chi connectivity index (χ1n) is 12.1. The molecule has 8 nitrogen and oxygen atoms in total. The van der Waals surface area contributed by atoms with Gasteiger partial charge in [-0.2, -0.15) is 0 Å². The minimum Gasteiger partial charge on any atom is -0.479 e. The third-order valence-corrected chi connectivity index (χ3v) is 7.91. The molecule has 0 spiro atoms. The summed E-state index contributed by atoms with van der Waals surface area (Å²) in [5.41, 5.74) is 4.08. The molecule has 2 aromatic heterocycles. The van der Waals surface area contributed by atoms with Crippen molar-refractivity contribution >= 4 is 23.0 Å². The highest BCUT2D eigenvalue weighted by Gasteiger charge is 2.42. The maximum absolute atomic E-state index is 13.5. The van der Waals surface area contributed by atoms with E-state index in [1.807, 2.05) is 26.3 Å². The van der Waals surface area contributed by atoms with Gasteiger partial charge in [0, 0.05) is 36.2 Å². The molecule has 4 atom stereocenters. The summed E-state index contributed by atoms with van der Waals surface area (Å²) in [6.45, 7) is 6.01. The molecule has 4 rings (SSSR count). The summed E-state index contributed by atoms with van der Waals surface area (Å²) < 4.78 is 10.5. The van der Waals surface area contributed by atoms with Crippen LogP contribution < -0.4 is 4.74 Å². The molecule has 1 unspecified atom stereocenters. The molecule has 1 aliphatic heterocycles. The number of thiazole rings is 1. The van der Waals surface area contributed by atoms with Gasteiger partial charge in [-0.25, -0.2) is 4.98 Å². The first kappa shape index (κ1) is 25.3. The van der Waals surface area contributed by atoms with Gasteiger partial charge in [0.05, 0.1) is 30.5 Å². The highest BCUT2D eigenvalue weighted by molar-refractivity contribution is 7.09. The summed E-state index contributed by atoms with van der Waals surface area (Å²) >= 11 is 1.68. The molecule has 2 aromatic rings. The van der Waals surface area contributed by atoms with Gasteiger partial charge in [-0.15, -0.1) is 11.3 Å². The summed E-state index contributed by atoms with van der Waals surface area (Å²) in [6.07, 6.45) is 7.85. The molecular weight excluding hydrogens is 466 g/mol. The number of Topliss-reactive ketones (excluding diaryl/α,β-unsaturated/α-hetero) is 1. The standard InChI is InChI=1S/C26H33N3O5S/c1-15(2)24(22-12-23(33-4)28-34-22)26(32)29-13-19(30)11-20(29)21(31)10-7-17-5-8-18(9-6-17)25-16(3)27-14-35-25/h5-6,8,12,14-15,18-20,24,30H,7,9-11,13H2,1-4H3/t18?,19-,20+,24-/m1/s1.